The molecule has 0 bridgehead atoms. The first-order valence-electron chi connectivity index (χ1n) is 15.8. The number of rotatable bonds is 4. The van der Waals surface area contributed by atoms with Crippen LogP contribution in [-0.4, -0.2) is 26.5 Å². The van der Waals surface area contributed by atoms with Crippen molar-refractivity contribution < 1.29 is 17.9 Å². The maximum atomic E-state index is 14.2. The van der Waals surface area contributed by atoms with Gasteiger partial charge in [-0.25, -0.2) is 8.42 Å². The summed E-state index contributed by atoms with van der Waals surface area (Å²) in [5.74, 6) is 1.65. The van der Waals surface area contributed by atoms with Gasteiger partial charge >= 0.3 is 5.97 Å². The first-order valence-corrected chi connectivity index (χ1v) is 17.2. The highest BCUT2D eigenvalue weighted by Gasteiger charge is 2.59. The Morgan fingerprint density at radius 1 is 0.976 bits per heavy atom. The zero-order chi connectivity index (χ0) is 29.4. The second-order valence-corrected chi connectivity index (χ2v) is 15.9. The predicted molar refractivity (Wildman–Crippen MR) is 166 cm³/mol. The minimum absolute atomic E-state index is 0.0439. The molecule has 2 aromatic carbocycles. The highest BCUT2D eigenvalue weighted by atomic mass is 32.2. The summed E-state index contributed by atoms with van der Waals surface area (Å²) in [5, 5.41) is 0. The average Bonchev–Trinajstić information content (AvgIpc) is 3.51. The number of allylic oxidation sites excluding steroid dienone is 3. The summed E-state index contributed by atoms with van der Waals surface area (Å²) in [6.45, 7) is 8.36. The van der Waals surface area contributed by atoms with Gasteiger partial charge in [0.25, 0.3) is 10.0 Å². The Balaban J connectivity index is 1.22. The van der Waals surface area contributed by atoms with Crippen molar-refractivity contribution in [2.75, 3.05) is 4.31 Å². The Bertz CT molecular complexity index is 1590. The maximum Gasteiger partial charge on any atom is 0.302 e. The maximum absolute atomic E-state index is 14.2. The molecule has 2 fully saturated rings. The van der Waals surface area contributed by atoms with Crippen LogP contribution in [0.2, 0.25) is 0 Å². The third-order valence-corrected chi connectivity index (χ3v) is 13.8. The highest BCUT2D eigenvalue weighted by molar-refractivity contribution is 7.93. The Kier molecular flexibility index (Phi) is 6.54. The molecule has 0 spiro atoms. The lowest BCUT2D eigenvalue weighted by molar-refractivity contribution is -0.156. The fraction of sp³-hybridized carbons (Fsp3) is 0.528. The van der Waals surface area contributed by atoms with E-state index in [-0.39, 0.29) is 28.9 Å². The molecule has 0 amide bonds. The van der Waals surface area contributed by atoms with Gasteiger partial charge in [0.15, 0.2) is 0 Å². The molecule has 1 unspecified atom stereocenters. The normalized spacial score (nSPS) is 35.3. The van der Waals surface area contributed by atoms with Crippen molar-refractivity contribution in [1.29, 1.82) is 0 Å². The molecule has 5 aliphatic rings. The molecule has 2 saturated carbocycles. The van der Waals surface area contributed by atoms with E-state index in [1.807, 2.05) is 37.3 Å². The number of carbonyl (C=O) groups excluding carboxylic acids is 1. The van der Waals surface area contributed by atoms with Crippen LogP contribution in [0.1, 0.15) is 76.8 Å². The number of aryl methyl sites for hydroxylation is 1. The molecule has 7 atom stereocenters. The molecular formula is C36H43NO4S. The Morgan fingerprint density at radius 3 is 2.50 bits per heavy atom. The Labute approximate surface area is 251 Å². The van der Waals surface area contributed by atoms with Crippen molar-refractivity contribution in [3.8, 4) is 0 Å². The Morgan fingerprint density at radius 2 is 1.74 bits per heavy atom. The number of carbonyl (C=O) groups is 1. The van der Waals surface area contributed by atoms with Gasteiger partial charge < -0.3 is 4.74 Å². The monoisotopic (exact) mass is 585 g/mol. The van der Waals surface area contributed by atoms with Gasteiger partial charge in [-0.1, -0.05) is 61.9 Å². The zero-order valence-electron chi connectivity index (χ0n) is 25.3. The Hall–Kier alpha value is -2.86. The molecule has 0 aromatic heterocycles. The van der Waals surface area contributed by atoms with Gasteiger partial charge in [0.05, 0.1) is 16.6 Å². The first-order chi connectivity index (χ1) is 20.0. The number of esters is 1. The second kappa shape index (κ2) is 9.83. The van der Waals surface area contributed by atoms with Gasteiger partial charge in [-0.3, -0.25) is 9.10 Å². The zero-order valence-corrected chi connectivity index (χ0v) is 26.1. The standard InChI is InChI=1S/C36H43NO4S/c1-23-9-12-28(13-10-23)42(39,40)37-32-8-6-5-7-25(32)22-33(37)26-17-19-35(3)27(21-26)11-14-29-30-15-16-34(41-24(2)38)36(30,4)20-18-31(29)35/h5-13,21,29-31,33-34H,14-20,22H2,1-4H3/t29-,30-,31-,33?,34-,35-,36-/m0/s1. The van der Waals surface area contributed by atoms with Crippen LogP contribution < -0.4 is 4.31 Å². The van der Waals surface area contributed by atoms with E-state index in [0.717, 1.165) is 61.8 Å². The molecule has 222 valence electrons. The molecule has 0 N–H and O–H groups in total. The van der Waals surface area contributed by atoms with Crippen molar-refractivity contribution in [3.63, 3.8) is 0 Å². The number of sulfonamides is 1. The lowest BCUT2D eigenvalue weighted by atomic mass is 9.48. The number of anilines is 1. The predicted octanol–water partition coefficient (Wildman–Crippen LogP) is 7.55. The minimum atomic E-state index is -3.72. The SMILES string of the molecule is CC(=O)O[C@H]1CC[C@H]2[C@@H]3CC=C4C=C(C5Cc6ccccc6N5S(=O)(=O)c5ccc(C)cc5)CC[C@]4(C)[C@H]3CC[C@]12C. The molecule has 4 aliphatic carbocycles. The molecule has 0 saturated heterocycles. The molecule has 7 rings (SSSR count). The van der Waals surface area contributed by atoms with E-state index >= 15 is 0 Å². The summed E-state index contributed by atoms with van der Waals surface area (Å²) < 4.78 is 35.9. The number of nitrogens with zero attached hydrogens (tertiary/aromatic N) is 1. The van der Waals surface area contributed by atoms with Crippen LogP contribution >= 0.6 is 0 Å². The molecule has 0 radical (unpaired) electrons. The van der Waals surface area contributed by atoms with E-state index in [1.54, 1.807) is 23.4 Å². The van der Waals surface area contributed by atoms with Crippen LogP contribution in [0.15, 0.2) is 76.7 Å². The number of hydrogen-bond donors (Lipinski definition) is 0. The number of ether oxygens (including phenoxy) is 1. The molecule has 1 heterocycles. The van der Waals surface area contributed by atoms with Crippen LogP contribution in [0.5, 0.6) is 0 Å². The van der Waals surface area contributed by atoms with Crippen LogP contribution in [0.25, 0.3) is 0 Å². The first kappa shape index (κ1) is 27.9. The summed E-state index contributed by atoms with van der Waals surface area (Å²) >= 11 is 0. The van der Waals surface area contributed by atoms with E-state index < -0.39 is 10.0 Å². The van der Waals surface area contributed by atoms with Crippen molar-refractivity contribution in [1.82, 2.24) is 0 Å². The molecule has 42 heavy (non-hydrogen) atoms. The van der Waals surface area contributed by atoms with Gasteiger partial charge in [-0.15, -0.1) is 0 Å². The molecule has 2 aromatic rings. The molecular weight excluding hydrogens is 542 g/mol. The van der Waals surface area contributed by atoms with Gasteiger partial charge in [0.2, 0.25) is 0 Å². The summed E-state index contributed by atoms with van der Waals surface area (Å²) in [6, 6.07) is 15.0. The third kappa shape index (κ3) is 4.15. The number of benzene rings is 2. The van der Waals surface area contributed by atoms with Crippen molar-refractivity contribution in [3.05, 3.63) is 83.0 Å². The van der Waals surface area contributed by atoms with Crippen LogP contribution in [0.3, 0.4) is 0 Å². The molecule has 1 aliphatic heterocycles. The lowest BCUT2D eigenvalue weighted by Crippen LogP contribution is -2.51. The minimum Gasteiger partial charge on any atom is -0.462 e. The highest BCUT2D eigenvalue weighted by Crippen LogP contribution is 2.65. The molecule has 6 heteroatoms. The van der Waals surface area contributed by atoms with Crippen LogP contribution in [0, 0.1) is 35.5 Å². The quantitative estimate of drug-likeness (QED) is 0.348. The molecule has 5 nitrogen and oxygen atoms in total. The largest absolute Gasteiger partial charge is 0.462 e. The van der Waals surface area contributed by atoms with E-state index in [0.29, 0.717) is 29.1 Å². The summed E-state index contributed by atoms with van der Waals surface area (Å²) in [5.41, 5.74) is 5.77. The fourth-order valence-electron chi connectivity index (χ4n) is 9.72. The third-order valence-electron chi connectivity index (χ3n) is 12.0. The van der Waals surface area contributed by atoms with Crippen molar-refractivity contribution >= 4 is 21.7 Å². The average molecular weight is 586 g/mol. The lowest BCUT2D eigenvalue weighted by Gasteiger charge is -2.57. The van der Waals surface area contributed by atoms with Crippen LogP contribution in [0.4, 0.5) is 5.69 Å². The fourth-order valence-corrected chi connectivity index (χ4v) is 11.4. The number of fused-ring (bicyclic) bond motifs is 6. The van der Waals surface area contributed by atoms with E-state index in [1.165, 1.54) is 11.1 Å². The van der Waals surface area contributed by atoms with E-state index in [9.17, 15) is 13.2 Å². The number of hydrogen-bond acceptors (Lipinski definition) is 4. The van der Waals surface area contributed by atoms with Crippen molar-refractivity contribution in [2.24, 2.45) is 28.6 Å². The number of para-hydroxylation sites is 1. The van der Waals surface area contributed by atoms with E-state index in [2.05, 4.69) is 32.1 Å². The van der Waals surface area contributed by atoms with Crippen LogP contribution in [-0.2, 0) is 26.0 Å². The van der Waals surface area contributed by atoms with Gasteiger partial charge in [0, 0.05) is 12.3 Å². The van der Waals surface area contributed by atoms with Gasteiger partial charge in [-0.2, -0.15) is 0 Å². The summed E-state index contributed by atoms with van der Waals surface area (Å²) in [6.07, 6.45) is 13.0. The summed E-state index contributed by atoms with van der Waals surface area (Å²) in [4.78, 5) is 12.2. The topological polar surface area (TPSA) is 63.7 Å². The second-order valence-electron chi connectivity index (χ2n) is 14.1. The van der Waals surface area contributed by atoms with Gasteiger partial charge in [0.1, 0.15) is 6.10 Å². The van der Waals surface area contributed by atoms with Crippen molar-refractivity contribution in [2.45, 2.75) is 96.1 Å². The smallest absolute Gasteiger partial charge is 0.302 e. The summed E-state index contributed by atoms with van der Waals surface area (Å²) in [7, 11) is -3.72. The van der Waals surface area contributed by atoms with Gasteiger partial charge in [-0.05, 0) is 116 Å². The van der Waals surface area contributed by atoms with E-state index in [4.69, 9.17) is 4.74 Å².